The van der Waals surface area contributed by atoms with E-state index < -0.39 is 0 Å². The van der Waals surface area contributed by atoms with Crippen molar-refractivity contribution in [3.8, 4) is 11.1 Å². The number of aromatic nitrogens is 1. The zero-order valence-electron chi connectivity index (χ0n) is 22.3. The van der Waals surface area contributed by atoms with E-state index in [1.807, 2.05) is 12.1 Å². The van der Waals surface area contributed by atoms with Crippen molar-refractivity contribution in [3.63, 3.8) is 0 Å². The molecule has 0 radical (unpaired) electrons. The molecule has 0 saturated heterocycles. The highest BCUT2D eigenvalue weighted by atomic mass is 16.3. The molecule has 0 amide bonds. The summed E-state index contributed by atoms with van der Waals surface area (Å²) < 4.78 is 15.5. The summed E-state index contributed by atoms with van der Waals surface area (Å²) in [5.74, 6) is 1.18. The standard InChI is InChI=1S/C38H25NO2/c1-2-4-10-24(9-3-1)39-36-27(17-15-22-19-28(22)36)35-37(39)29(21-31-26-12-6-8-14-33(26)41-38(31)35)23-16-18-34-30(20-23)25-11-5-7-13-32(25)40-34/h1-9,11-18,20-22,28H,10,19H2. The third kappa shape index (κ3) is 2.93. The van der Waals surface area contributed by atoms with Crippen molar-refractivity contribution in [2.45, 2.75) is 18.8 Å². The Morgan fingerprint density at radius 2 is 1.54 bits per heavy atom. The Morgan fingerprint density at radius 3 is 2.44 bits per heavy atom. The molecule has 0 bridgehead atoms. The number of rotatable bonds is 2. The van der Waals surface area contributed by atoms with Gasteiger partial charge in [-0.2, -0.15) is 0 Å². The molecule has 4 aromatic carbocycles. The minimum atomic E-state index is 0.548. The van der Waals surface area contributed by atoms with Crippen LogP contribution in [0.1, 0.15) is 30.0 Å². The van der Waals surface area contributed by atoms with Crippen molar-refractivity contribution in [2.75, 3.05) is 0 Å². The first-order valence-corrected chi connectivity index (χ1v) is 14.5. The Kier molecular flexibility index (Phi) is 4.14. The van der Waals surface area contributed by atoms with Crippen molar-refractivity contribution in [1.29, 1.82) is 0 Å². The molecule has 1 saturated carbocycles. The molecule has 3 heteroatoms. The van der Waals surface area contributed by atoms with Crippen molar-refractivity contribution in [3.05, 3.63) is 121 Å². The summed E-state index contributed by atoms with van der Waals surface area (Å²) in [5.41, 5.74) is 11.5. The maximum atomic E-state index is 6.70. The molecule has 2 atom stereocenters. The largest absolute Gasteiger partial charge is 0.456 e. The fraction of sp³-hybridized carbons (Fsp3) is 0.105. The molecule has 2 unspecified atom stereocenters. The summed E-state index contributed by atoms with van der Waals surface area (Å²) in [6, 6.07) is 25.8. The van der Waals surface area contributed by atoms with Gasteiger partial charge in [0, 0.05) is 56.4 Å². The molecule has 3 heterocycles. The first-order valence-electron chi connectivity index (χ1n) is 14.5. The molecule has 194 valence electrons. The molecule has 7 aromatic rings. The topological polar surface area (TPSA) is 31.2 Å². The van der Waals surface area contributed by atoms with Crippen LogP contribution in [0.15, 0.2) is 118 Å². The SMILES string of the molecule is C1=CC=C(n2c3c(c4c5oc6ccccc6c5cc(-c5ccc6oc7ccccc7c6c5)c42)C=CC2CC32)CC=C1. The number of nitrogens with zero attached hydrogens (tertiary/aromatic N) is 1. The van der Waals surface area contributed by atoms with Gasteiger partial charge in [0.25, 0.3) is 0 Å². The minimum absolute atomic E-state index is 0.548. The number of allylic oxidation sites excluding steroid dienone is 7. The predicted molar refractivity (Wildman–Crippen MR) is 169 cm³/mol. The Hall–Kier alpha value is -5.02. The van der Waals surface area contributed by atoms with Crippen LogP contribution in [0.4, 0.5) is 0 Å². The van der Waals surface area contributed by atoms with E-state index in [4.69, 9.17) is 8.83 Å². The predicted octanol–water partition coefficient (Wildman–Crippen LogP) is 10.6. The smallest absolute Gasteiger partial charge is 0.145 e. The van der Waals surface area contributed by atoms with Gasteiger partial charge in [-0.15, -0.1) is 0 Å². The van der Waals surface area contributed by atoms with Crippen LogP contribution in [0, 0.1) is 5.92 Å². The van der Waals surface area contributed by atoms with Gasteiger partial charge in [0.2, 0.25) is 0 Å². The lowest BCUT2D eigenvalue weighted by molar-refractivity contribution is 0.669. The zero-order valence-corrected chi connectivity index (χ0v) is 22.3. The highest BCUT2D eigenvalue weighted by Gasteiger charge is 2.44. The van der Waals surface area contributed by atoms with Gasteiger partial charge < -0.3 is 13.4 Å². The van der Waals surface area contributed by atoms with Crippen LogP contribution in [-0.4, -0.2) is 4.57 Å². The third-order valence-corrected chi connectivity index (χ3v) is 9.30. The second-order valence-electron chi connectivity index (χ2n) is 11.6. The molecule has 3 aliphatic carbocycles. The summed E-state index contributed by atoms with van der Waals surface area (Å²) in [4.78, 5) is 0. The molecule has 0 N–H and O–H groups in total. The number of fused-ring (bicyclic) bond motifs is 12. The van der Waals surface area contributed by atoms with Crippen LogP contribution >= 0.6 is 0 Å². The van der Waals surface area contributed by atoms with E-state index in [9.17, 15) is 0 Å². The number of para-hydroxylation sites is 2. The Labute approximate surface area is 236 Å². The maximum absolute atomic E-state index is 6.70. The van der Waals surface area contributed by atoms with Crippen molar-refractivity contribution < 1.29 is 8.83 Å². The third-order valence-electron chi connectivity index (χ3n) is 9.30. The van der Waals surface area contributed by atoms with Gasteiger partial charge in [0.15, 0.2) is 0 Å². The highest BCUT2D eigenvalue weighted by Crippen LogP contribution is 2.57. The maximum Gasteiger partial charge on any atom is 0.145 e. The Bertz CT molecular complexity index is 2380. The van der Waals surface area contributed by atoms with Crippen LogP contribution < -0.4 is 0 Å². The number of furan rings is 2. The number of hydrogen-bond acceptors (Lipinski definition) is 2. The molecular weight excluding hydrogens is 502 g/mol. The first kappa shape index (κ1) is 21.8. The van der Waals surface area contributed by atoms with Gasteiger partial charge in [-0.3, -0.25) is 0 Å². The van der Waals surface area contributed by atoms with Gasteiger partial charge >= 0.3 is 0 Å². The second kappa shape index (κ2) is 7.80. The van der Waals surface area contributed by atoms with E-state index >= 15 is 0 Å². The lowest BCUT2D eigenvalue weighted by Gasteiger charge is -2.17. The minimum Gasteiger partial charge on any atom is -0.456 e. The fourth-order valence-corrected chi connectivity index (χ4v) is 7.34. The van der Waals surface area contributed by atoms with Crippen LogP contribution in [0.3, 0.4) is 0 Å². The van der Waals surface area contributed by atoms with E-state index in [2.05, 4.69) is 108 Å². The van der Waals surface area contributed by atoms with Crippen LogP contribution in [0.25, 0.3) is 77.7 Å². The highest BCUT2D eigenvalue weighted by molar-refractivity contribution is 6.22. The molecule has 0 spiro atoms. The molecule has 0 aliphatic heterocycles. The molecule has 3 aromatic heterocycles. The summed E-state index contributed by atoms with van der Waals surface area (Å²) >= 11 is 0. The van der Waals surface area contributed by atoms with Gasteiger partial charge in [0.1, 0.15) is 22.3 Å². The van der Waals surface area contributed by atoms with E-state index in [1.165, 1.54) is 50.8 Å². The van der Waals surface area contributed by atoms with Crippen LogP contribution in [0.2, 0.25) is 0 Å². The van der Waals surface area contributed by atoms with E-state index in [0.29, 0.717) is 11.8 Å². The van der Waals surface area contributed by atoms with Crippen molar-refractivity contribution >= 4 is 66.6 Å². The lowest BCUT2D eigenvalue weighted by Crippen LogP contribution is -2.04. The molecular formula is C38H25NO2. The summed E-state index contributed by atoms with van der Waals surface area (Å²) in [5, 5.41) is 5.84. The lowest BCUT2D eigenvalue weighted by atomic mass is 9.95. The van der Waals surface area contributed by atoms with E-state index in [0.717, 1.165) is 44.9 Å². The van der Waals surface area contributed by atoms with E-state index in [1.54, 1.807) is 0 Å². The Balaban J connectivity index is 1.40. The molecule has 41 heavy (non-hydrogen) atoms. The monoisotopic (exact) mass is 527 g/mol. The zero-order chi connectivity index (χ0) is 26.7. The summed E-state index contributed by atoms with van der Waals surface area (Å²) in [6.45, 7) is 0. The van der Waals surface area contributed by atoms with Gasteiger partial charge in [-0.05, 0) is 54.3 Å². The van der Waals surface area contributed by atoms with E-state index in [-0.39, 0.29) is 0 Å². The average molecular weight is 528 g/mol. The Morgan fingerprint density at radius 1 is 0.732 bits per heavy atom. The van der Waals surface area contributed by atoms with Crippen molar-refractivity contribution in [1.82, 2.24) is 4.57 Å². The molecule has 10 rings (SSSR count). The number of hydrogen-bond donors (Lipinski definition) is 0. The van der Waals surface area contributed by atoms with Gasteiger partial charge in [-0.1, -0.05) is 78.9 Å². The molecule has 3 aliphatic rings. The molecule has 3 nitrogen and oxygen atoms in total. The quantitative estimate of drug-likeness (QED) is 0.224. The average Bonchev–Trinajstić information content (AvgIpc) is 3.54. The van der Waals surface area contributed by atoms with Crippen LogP contribution in [0.5, 0.6) is 0 Å². The second-order valence-corrected chi connectivity index (χ2v) is 11.6. The van der Waals surface area contributed by atoms with Gasteiger partial charge in [-0.25, -0.2) is 0 Å². The first-order chi connectivity index (χ1) is 20.3. The normalized spacial score (nSPS) is 19.4. The van der Waals surface area contributed by atoms with Crippen molar-refractivity contribution in [2.24, 2.45) is 5.92 Å². The number of benzene rings is 4. The van der Waals surface area contributed by atoms with Crippen LogP contribution in [-0.2, 0) is 0 Å². The summed E-state index contributed by atoms with van der Waals surface area (Å²) in [7, 11) is 0. The fourth-order valence-electron chi connectivity index (χ4n) is 7.34. The molecule has 1 fully saturated rings. The summed E-state index contributed by atoms with van der Waals surface area (Å²) in [6.07, 6.45) is 17.9. The van der Waals surface area contributed by atoms with Gasteiger partial charge in [0.05, 0.1) is 10.9 Å².